The number of hydrogen-bond donors (Lipinski definition) is 6. The molecule has 0 spiro atoms. The van der Waals surface area contributed by atoms with Crippen molar-refractivity contribution in [2.45, 2.75) is 191 Å². The Morgan fingerprint density at radius 1 is 0.534 bits per heavy atom. The van der Waals surface area contributed by atoms with Gasteiger partial charge in [0.1, 0.15) is 43.2 Å². The second-order valence-corrected chi connectivity index (χ2v) is 16.2. The summed E-state index contributed by atoms with van der Waals surface area (Å²) in [7, 11) is -5.13. The molecule has 0 aromatic carbocycles. The van der Waals surface area contributed by atoms with Gasteiger partial charge in [0.15, 0.2) is 6.10 Å². The summed E-state index contributed by atoms with van der Waals surface area (Å²) < 4.78 is 33.4. The summed E-state index contributed by atoms with van der Waals surface area (Å²) >= 11 is 0. The Hall–Kier alpha value is -2.45. The fourth-order valence-electron chi connectivity index (χ4n) is 6.01. The Bertz CT molecular complexity index is 1250. The summed E-state index contributed by atoms with van der Waals surface area (Å²) in [5.74, 6) is -1.17. The second-order valence-electron chi connectivity index (χ2n) is 14.8. The molecule has 14 heteroatoms. The molecule has 0 heterocycles. The van der Waals surface area contributed by atoms with Crippen LogP contribution < -0.4 is 0 Å². The second kappa shape index (κ2) is 34.3. The third-order valence-electron chi connectivity index (χ3n) is 9.58. The summed E-state index contributed by atoms with van der Waals surface area (Å²) in [5, 5.41) is 50.0. The molecule has 6 unspecified atom stereocenters. The number of esters is 2. The van der Waals surface area contributed by atoms with E-state index in [1.54, 1.807) is 0 Å². The number of phosphoric ester groups is 1. The third kappa shape index (κ3) is 26.6. The maximum absolute atomic E-state index is 12.8. The van der Waals surface area contributed by atoms with Crippen molar-refractivity contribution < 1.29 is 63.1 Å². The molecule has 334 valence electrons. The quantitative estimate of drug-likeness (QED) is 0.0159. The highest BCUT2D eigenvalue weighted by atomic mass is 31.2. The molecule has 58 heavy (non-hydrogen) atoms. The predicted octanol–water partition coefficient (Wildman–Crippen LogP) is 7.77. The van der Waals surface area contributed by atoms with E-state index in [9.17, 15) is 44.6 Å². The van der Waals surface area contributed by atoms with E-state index in [2.05, 4.69) is 74.6 Å². The largest absolute Gasteiger partial charge is 0.472 e. The van der Waals surface area contributed by atoms with Gasteiger partial charge in [-0.2, -0.15) is 0 Å². The normalized spacial score (nSPS) is 23.1. The number of phosphoric acid groups is 1. The van der Waals surface area contributed by atoms with Crippen molar-refractivity contribution in [3.8, 4) is 0 Å². The molecular formula is C44H75O13P. The van der Waals surface area contributed by atoms with E-state index < -0.39 is 75.7 Å². The minimum absolute atomic E-state index is 0.0695. The van der Waals surface area contributed by atoms with Crippen LogP contribution in [0.2, 0.25) is 0 Å². The lowest BCUT2D eigenvalue weighted by Crippen LogP contribution is -2.64. The molecule has 1 fully saturated rings. The highest BCUT2D eigenvalue weighted by Crippen LogP contribution is 2.47. The molecule has 1 aliphatic rings. The number of hydrogen-bond acceptors (Lipinski definition) is 12. The zero-order valence-electron chi connectivity index (χ0n) is 35.1. The van der Waals surface area contributed by atoms with Crippen LogP contribution in [0.25, 0.3) is 0 Å². The Balaban J connectivity index is 2.54. The van der Waals surface area contributed by atoms with Gasteiger partial charge in [-0.1, -0.05) is 120 Å². The van der Waals surface area contributed by atoms with E-state index >= 15 is 0 Å². The van der Waals surface area contributed by atoms with Crippen molar-refractivity contribution in [1.82, 2.24) is 0 Å². The van der Waals surface area contributed by atoms with Gasteiger partial charge < -0.3 is 39.9 Å². The molecular weight excluding hydrogens is 767 g/mol. The van der Waals surface area contributed by atoms with Crippen molar-refractivity contribution >= 4 is 19.8 Å². The van der Waals surface area contributed by atoms with Gasteiger partial charge >= 0.3 is 19.8 Å². The number of aliphatic hydroxyl groups is 5. The fourth-order valence-corrected chi connectivity index (χ4v) is 6.99. The summed E-state index contributed by atoms with van der Waals surface area (Å²) in [6.45, 7) is 3.16. The molecule has 0 aromatic heterocycles. The highest BCUT2D eigenvalue weighted by Gasteiger charge is 2.51. The number of allylic oxidation sites excluding steroid dienone is 10. The van der Waals surface area contributed by atoms with Gasteiger partial charge in [0.2, 0.25) is 0 Å². The number of carbonyl (C=O) groups excluding carboxylic acids is 2. The summed E-state index contributed by atoms with van der Waals surface area (Å²) in [6.07, 6.45) is 27.1. The Labute approximate surface area is 347 Å². The summed E-state index contributed by atoms with van der Waals surface area (Å²) in [4.78, 5) is 35.6. The van der Waals surface area contributed by atoms with Crippen LogP contribution in [0.1, 0.15) is 149 Å². The van der Waals surface area contributed by atoms with Gasteiger partial charge in [0.25, 0.3) is 0 Å². The zero-order valence-corrected chi connectivity index (χ0v) is 36.0. The third-order valence-corrected chi connectivity index (χ3v) is 10.6. The molecule has 6 N–H and O–H groups in total. The predicted molar refractivity (Wildman–Crippen MR) is 226 cm³/mol. The molecule has 1 rings (SSSR count). The minimum atomic E-state index is -5.13. The maximum Gasteiger partial charge on any atom is 0.472 e. The monoisotopic (exact) mass is 842 g/mol. The molecule has 1 aliphatic carbocycles. The topological polar surface area (TPSA) is 210 Å². The number of rotatable bonds is 34. The van der Waals surface area contributed by atoms with E-state index in [1.807, 2.05) is 0 Å². The van der Waals surface area contributed by atoms with Crippen LogP contribution in [-0.2, 0) is 32.7 Å². The average molecular weight is 843 g/mol. The van der Waals surface area contributed by atoms with Crippen molar-refractivity contribution in [2.24, 2.45) is 0 Å². The molecule has 0 bridgehead atoms. The molecule has 13 nitrogen and oxygen atoms in total. The molecule has 0 radical (unpaired) electrons. The number of carbonyl (C=O) groups is 2. The standard InChI is InChI=1S/C44H75O13P/c1-3-5-7-9-11-13-15-17-19-21-22-24-26-28-30-32-37(45)54-34-36(35-55-58(52,53)57-44-42(50)40(48)39(47)41(49)43(44)51)56-38(46)33-31-29-27-25-23-20-18-16-14-12-10-8-6-4-2/h10-13,16-19,22,24,36,39-44,47-51H,3-9,14-15,20-21,23,25-35H2,1-2H3,(H,52,53)/b12-10-,13-11-,18-16-,19-17-,24-22-/t36-,39?,40-,41?,42?,43?,44?/m1/s1. The van der Waals surface area contributed by atoms with Crippen molar-refractivity contribution in [3.63, 3.8) is 0 Å². The highest BCUT2D eigenvalue weighted by molar-refractivity contribution is 7.47. The Kier molecular flexibility index (Phi) is 31.7. The average Bonchev–Trinajstić information content (AvgIpc) is 3.20. The molecule has 1 saturated carbocycles. The van der Waals surface area contributed by atoms with Crippen LogP contribution in [0, 0.1) is 0 Å². The van der Waals surface area contributed by atoms with Crippen LogP contribution in [-0.4, -0.2) is 98.3 Å². The van der Waals surface area contributed by atoms with Crippen molar-refractivity contribution in [1.29, 1.82) is 0 Å². The first-order valence-electron chi connectivity index (χ1n) is 21.6. The smallest absolute Gasteiger partial charge is 0.462 e. The van der Waals surface area contributed by atoms with Crippen molar-refractivity contribution in [3.05, 3.63) is 60.8 Å². The number of aliphatic hydroxyl groups excluding tert-OH is 5. The van der Waals surface area contributed by atoms with Gasteiger partial charge in [-0.25, -0.2) is 4.57 Å². The number of unbranched alkanes of at least 4 members (excludes halogenated alkanes) is 12. The lowest BCUT2D eigenvalue weighted by atomic mass is 9.85. The molecule has 8 atom stereocenters. The van der Waals surface area contributed by atoms with Crippen molar-refractivity contribution in [2.75, 3.05) is 13.2 Å². The van der Waals surface area contributed by atoms with E-state index in [0.29, 0.717) is 12.8 Å². The fraction of sp³-hybridized carbons (Fsp3) is 0.727. The van der Waals surface area contributed by atoms with E-state index in [0.717, 1.165) is 77.0 Å². The van der Waals surface area contributed by atoms with Crippen LogP contribution in [0.5, 0.6) is 0 Å². The van der Waals surface area contributed by atoms with Crippen LogP contribution in [0.3, 0.4) is 0 Å². The van der Waals surface area contributed by atoms with E-state index in [4.69, 9.17) is 18.5 Å². The van der Waals surface area contributed by atoms with Gasteiger partial charge in [-0.3, -0.25) is 18.6 Å². The molecule has 0 aliphatic heterocycles. The first-order chi connectivity index (χ1) is 27.9. The Morgan fingerprint density at radius 3 is 1.50 bits per heavy atom. The number of ether oxygens (including phenoxy) is 2. The van der Waals surface area contributed by atoms with Gasteiger partial charge in [0.05, 0.1) is 6.61 Å². The van der Waals surface area contributed by atoms with E-state index in [1.165, 1.54) is 32.1 Å². The lowest BCUT2D eigenvalue weighted by molar-refractivity contribution is -0.220. The van der Waals surface area contributed by atoms with Crippen LogP contribution in [0.15, 0.2) is 60.8 Å². The summed E-state index contributed by atoms with van der Waals surface area (Å²) in [6, 6.07) is 0. The SMILES string of the molecule is CCCC/C=C\C/C=C\CCCCCCCC(=O)O[C@H](COC(=O)CCCC/C=C\C/C=C\C/C=C\CCCCC)COP(=O)(O)OC1C(O)C(O)C(O)[C@@H](O)C1O. The summed E-state index contributed by atoms with van der Waals surface area (Å²) in [5.41, 5.74) is 0. The van der Waals surface area contributed by atoms with Crippen LogP contribution >= 0.6 is 7.82 Å². The molecule has 0 saturated heterocycles. The molecule has 0 amide bonds. The van der Waals surface area contributed by atoms with Gasteiger partial charge in [-0.05, 0) is 77.0 Å². The van der Waals surface area contributed by atoms with E-state index in [-0.39, 0.29) is 12.8 Å². The zero-order chi connectivity index (χ0) is 42.9. The minimum Gasteiger partial charge on any atom is -0.462 e. The Morgan fingerprint density at radius 2 is 0.948 bits per heavy atom. The maximum atomic E-state index is 12.8. The van der Waals surface area contributed by atoms with Gasteiger partial charge in [0, 0.05) is 12.8 Å². The van der Waals surface area contributed by atoms with Crippen LogP contribution in [0.4, 0.5) is 0 Å². The first-order valence-corrected chi connectivity index (χ1v) is 23.1. The molecule has 0 aromatic rings. The first kappa shape index (κ1) is 53.6. The lowest BCUT2D eigenvalue weighted by Gasteiger charge is -2.41. The van der Waals surface area contributed by atoms with Gasteiger partial charge in [-0.15, -0.1) is 0 Å².